The van der Waals surface area contributed by atoms with Crippen LogP contribution in [0, 0.1) is 23.7 Å². The molecule has 1 aromatic rings. The highest BCUT2D eigenvalue weighted by Crippen LogP contribution is 2.64. The second-order valence-electron chi connectivity index (χ2n) is 9.24. The zero-order valence-corrected chi connectivity index (χ0v) is 18.4. The van der Waals surface area contributed by atoms with Crippen LogP contribution >= 0.6 is 11.6 Å². The minimum absolute atomic E-state index is 0.0292. The van der Waals surface area contributed by atoms with Gasteiger partial charge in [0.05, 0.1) is 5.75 Å². The Morgan fingerprint density at radius 1 is 1.18 bits per heavy atom. The van der Waals surface area contributed by atoms with Crippen molar-refractivity contribution < 1.29 is 13.2 Å². The van der Waals surface area contributed by atoms with Gasteiger partial charge >= 0.3 is 0 Å². The molecule has 1 aromatic carbocycles. The minimum Gasteiger partial charge on any atom is -0.369 e. The summed E-state index contributed by atoms with van der Waals surface area (Å²) in [4.78, 5) is 14.9. The van der Waals surface area contributed by atoms with E-state index < -0.39 is 15.4 Å². The van der Waals surface area contributed by atoms with Gasteiger partial charge < -0.3 is 4.90 Å². The first-order chi connectivity index (χ1) is 13.1. The molecule has 2 atom stereocenters. The fraction of sp³-hybridized carbons (Fsp3) is 0.667. The Hall–Kier alpha value is -1.11. The third kappa shape index (κ3) is 2.99. The van der Waals surface area contributed by atoms with E-state index in [4.69, 9.17) is 11.6 Å². The molecule has 2 aliphatic carbocycles. The number of sulfonamides is 1. The number of rotatable bonds is 4. The molecule has 4 rings (SSSR count). The topological polar surface area (TPSA) is 57.7 Å². The Kier molecular flexibility index (Phi) is 4.83. The zero-order chi connectivity index (χ0) is 20.3. The minimum atomic E-state index is -3.48. The van der Waals surface area contributed by atoms with Gasteiger partial charge in [0.15, 0.2) is 0 Å². The van der Waals surface area contributed by atoms with Crippen molar-refractivity contribution in [3.8, 4) is 0 Å². The number of hydrogen-bond donors (Lipinski definition) is 0. The molecule has 1 saturated heterocycles. The number of Topliss-reactive ketones (excluding diaryl/α,β-unsaturated/α-hetero) is 1. The predicted octanol–water partition coefficient (Wildman–Crippen LogP) is 3.50. The lowest BCUT2D eigenvalue weighted by Crippen LogP contribution is -2.52. The van der Waals surface area contributed by atoms with Gasteiger partial charge in [-0.25, -0.2) is 8.42 Å². The van der Waals surface area contributed by atoms with Gasteiger partial charge in [-0.3, -0.25) is 4.79 Å². The SMILES string of the molecule is Cc1ccc(Cl)cc1N1CCN(S(=O)(=O)CC23CCC(CC2=O)C3(C)C)CC1. The molecule has 0 radical (unpaired) electrons. The summed E-state index contributed by atoms with van der Waals surface area (Å²) in [6, 6.07) is 5.80. The Morgan fingerprint density at radius 2 is 1.86 bits per heavy atom. The van der Waals surface area contributed by atoms with Crippen molar-refractivity contribution >= 4 is 33.1 Å². The first kappa shape index (κ1) is 20.2. The van der Waals surface area contributed by atoms with Gasteiger partial charge in [0.25, 0.3) is 0 Å². The first-order valence-corrected chi connectivity index (χ1v) is 12.1. The van der Waals surface area contributed by atoms with Gasteiger partial charge in [-0.1, -0.05) is 31.5 Å². The molecule has 2 unspecified atom stereocenters. The summed E-state index contributed by atoms with van der Waals surface area (Å²) in [6.07, 6.45) is 2.23. The van der Waals surface area contributed by atoms with Crippen molar-refractivity contribution in [2.45, 2.75) is 40.0 Å². The van der Waals surface area contributed by atoms with Crippen molar-refractivity contribution in [3.63, 3.8) is 0 Å². The summed E-state index contributed by atoms with van der Waals surface area (Å²) < 4.78 is 28.1. The van der Waals surface area contributed by atoms with Crippen LogP contribution in [0.1, 0.15) is 38.7 Å². The molecule has 3 fully saturated rings. The van der Waals surface area contributed by atoms with Crippen LogP contribution in [0.3, 0.4) is 0 Å². The van der Waals surface area contributed by atoms with Gasteiger partial charge in [-0.05, 0) is 48.8 Å². The fourth-order valence-corrected chi connectivity index (χ4v) is 8.01. The van der Waals surface area contributed by atoms with Crippen LogP contribution < -0.4 is 4.90 Å². The van der Waals surface area contributed by atoms with Crippen LogP contribution in [0.5, 0.6) is 0 Å². The average Bonchev–Trinajstić information content (AvgIpc) is 2.98. The number of hydrogen-bond acceptors (Lipinski definition) is 4. The van der Waals surface area contributed by atoms with E-state index in [-0.39, 0.29) is 17.0 Å². The molecule has 2 bridgehead atoms. The van der Waals surface area contributed by atoms with E-state index in [0.717, 1.165) is 17.7 Å². The van der Waals surface area contributed by atoms with Crippen molar-refractivity contribution in [3.05, 3.63) is 28.8 Å². The summed E-state index contributed by atoms with van der Waals surface area (Å²) in [5.74, 6) is 0.460. The Morgan fingerprint density at radius 3 is 2.43 bits per heavy atom. The van der Waals surface area contributed by atoms with E-state index >= 15 is 0 Å². The van der Waals surface area contributed by atoms with E-state index in [2.05, 4.69) is 18.7 Å². The van der Waals surface area contributed by atoms with Crippen LogP contribution in [0.2, 0.25) is 5.02 Å². The Bertz CT molecular complexity index is 906. The molecular formula is C21H29ClN2O3S. The summed E-state index contributed by atoms with van der Waals surface area (Å²) in [5.41, 5.74) is 1.28. The second kappa shape index (κ2) is 6.71. The second-order valence-corrected chi connectivity index (χ2v) is 11.6. The predicted molar refractivity (Wildman–Crippen MR) is 112 cm³/mol. The van der Waals surface area contributed by atoms with Crippen molar-refractivity contribution in [1.29, 1.82) is 0 Å². The van der Waals surface area contributed by atoms with Crippen LogP contribution in [0.15, 0.2) is 18.2 Å². The first-order valence-electron chi connectivity index (χ1n) is 10.1. The highest BCUT2D eigenvalue weighted by molar-refractivity contribution is 7.89. The van der Waals surface area contributed by atoms with Crippen LogP contribution in [0.25, 0.3) is 0 Å². The molecule has 5 nitrogen and oxygen atoms in total. The van der Waals surface area contributed by atoms with E-state index in [9.17, 15) is 13.2 Å². The summed E-state index contributed by atoms with van der Waals surface area (Å²) in [7, 11) is -3.48. The van der Waals surface area contributed by atoms with Gasteiger partial charge in [0.2, 0.25) is 10.0 Å². The molecule has 0 aromatic heterocycles. The van der Waals surface area contributed by atoms with Crippen LogP contribution in [-0.4, -0.2) is 50.4 Å². The largest absolute Gasteiger partial charge is 0.369 e. The molecule has 1 heterocycles. The third-order valence-corrected chi connectivity index (χ3v) is 9.96. The summed E-state index contributed by atoms with van der Waals surface area (Å²) in [6.45, 7) is 8.37. The number of carbonyl (C=O) groups excluding carboxylic acids is 1. The number of carbonyl (C=O) groups is 1. The molecular weight excluding hydrogens is 396 g/mol. The van der Waals surface area contributed by atoms with Crippen molar-refractivity contribution in [2.75, 3.05) is 36.8 Å². The molecule has 0 amide bonds. The maximum absolute atomic E-state index is 13.3. The molecule has 154 valence electrons. The number of nitrogens with zero attached hydrogens (tertiary/aromatic N) is 2. The number of piperazine rings is 1. The summed E-state index contributed by atoms with van der Waals surface area (Å²) in [5, 5.41) is 0.688. The zero-order valence-electron chi connectivity index (χ0n) is 16.9. The average molecular weight is 425 g/mol. The number of anilines is 1. The van der Waals surface area contributed by atoms with Crippen LogP contribution in [0.4, 0.5) is 5.69 Å². The molecule has 7 heteroatoms. The molecule has 28 heavy (non-hydrogen) atoms. The van der Waals surface area contributed by atoms with E-state index in [1.54, 1.807) is 4.31 Å². The highest BCUT2D eigenvalue weighted by atomic mass is 35.5. The van der Waals surface area contributed by atoms with Gasteiger partial charge in [-0.15, -0.1) is 0 Å². The van der Waals surface area contributed by atoms with E-state index in [0.29, 0.717) is 50.0 Å². The molecule has 0 N–H and O–H groups in total. The van der Waals surface area contributed by atoms with E-state index in [1.807, 2.05) is 25.1 Å². The smallest absolute Gasteiger partial charge is 0.215 e. The Labute approximate surface area is 173 Å². The monoisotopic (exact) mass is 424 g/mol. The van der Waals surface area contributed by atoms with Crippen molar-refractivity contribution in [1.82, 2.24) is 4.31 Å². The number of halogens is 1. The molecule has 0 spiro atoms. The fourth-order valence-electron chi connectivity index (χ4n) is 5.64. The Balaban J connectivity index is 1.49. The highest BCUT2D eigenvalue weighted by Gasteiger charge is 2.65. The lowest BCUT2D eigenvalue weighted by Gasteiger charge is -2.40. The number of benzene rings is 1. The lowest BCUT2D eigenvalue weighted by molar-refractivity contribution is -0.128. The molecule has 1 aliphatic heterocycles. The standard InChI is InChI=1S/C21H29ClN2O3S/c1-15-4-5-17(22)13-18(15)23-8-10-24(11-9-23)28(26,27)14-21-7-6-16(12-19(21)25)20(21,2)3/h4-5,13,16H,6-12,14H2,1-3H3. The summed E-state index contributed by atoms with van der Waals surface area (Å²) >= 11 is 6.14. The maximum Gasteiger partial charge on any atom is 0.215 e. The van der Waals surface area contributed by atoms with Gasteiger partial charge in [0.1, 0.15) is 5.78 Å². The number of fused-ring (bicyclic) bond motifs is 2. The third-order valence-electron chi connectivity index (χ3n) is 7.71. The molecule has 3 aliphatic rings. The quantitative estimate of drug-likeness (QED) is 0.742. The normalized spacial score (nSPS) is 30.2. The molecule has 2 saturated carbocycles. The maximum atomic E-state index is 13.3. The van der Waals surface area contributed by atoms with Crippen LogP contribution in [-0.2, 0) is 14.8 Å². The van der Waals surface area contributed by atoms with Gasteiger partial charge in [-0.2, -0.15) is 4.31 Å². The number of ketones is 1. The number of aryl methyl sites for hydroxylation is 1. The van der Waals surface area contributed by atoms with Gasteiger partial charge in [0, 0.05) is 48.7 Å². The lowest BCUT2D eigenvalue weighted by atomic mass is 9.70. The van der Waals surface area contributed by atoms with Crippen molar-refractivity contribution in [2.24, 2.45) is 16.7 Å². The van der Waals surface area contributed by atoms with E-state index in [1.165, 1.54) is 0 Å².